The molecule has 0 N–H and O–H groups in total. The first-order valence-electron chi connectivity index (χ1n) is 10.5. The maximum Gasteiger partial charge on any atom is 0.200 e. The molecule has 0 unspecified atom stereocenters. The summed E-state index contributed by atoms with van der Waals surface area (Å²) >= 11 is 0. The number of nitrogens with zero attached hydrogens (tertiary/aromatic N) is 1. The molecule has 0 radical (unpaired) electrons. The summed E-state index contributed by atoms with van der Waals surface area (Å²) in [7, 11) is 4.67. The lowest BCUT2D eigenvalue weighted by Crippen LogP contribution is -2.20. The van der Waals surface area contributed by atoms with Crippen molar-refractivity contribution in [3.63, 3.8) is 0 Å². The van der Waals surface area contributed by atoms with Crippen LogP contribution in [0, 0.1) is 6.92 Å². The van der Waals surface area contributed by atoms with E-state index in [1.54, 1.807) is 44.7 Å². The SMILES string of the molecule is COc1cccc(Cn2cc(C(=O)c3ccc(C)cc3)c(=O)c3cc(OC)c(OC)cc32)c1. The Hall–Kier alpha value is -4.06. The second-order valence-corrected chi connectivity index (χ2v) is 7.77. The molecule has 1 aromatic heterocycles. The van der Waals surface area contributed by atoms with Crippen LogP contribution in [0.25, 0.3) is 10.9 Å². The van der Waals surface area contributed by atoms with Crippen molar-refractivity contribution in [2.24, 2.45) is 0 Å². The van der Waals surface area contributed by atoms with Gasteiger partial charge in [-0.1, -0.05) is 42.0 Å². The highest BCUT2D eigenvalue weighted by Crippen LogP contribution is 2.31. The Morgan fingerprint density at radius 1 is 0.879 bits per heavy atom. The van der Waals surface area contributed by atoms with Gasteiger partial charge < -0.3 is 18.8 Å². The fourth-order valence-corrected chi connectivity index (χ4v) is 3.84. The van der Waals surface area contributed by atoms with Crippen LogP contribution in [0.3, 0.4) is 0 Å². The molecule has 0 fully saturated rings. The van der Waals surface area contributed by atoms with Gasteiger partial charge in [0, 0.05) is 24.4 Å². The predicted octanol–water partition coefficient (Wildman–Crippen LogP) is 4.62. The molecule has 33 heavy (non-hydrogen) atoms. The summed E-state index contributed by atoms with van der Waals surface area (Å²) in [6, 6.07) is 18.2. The van der Waals surface area contributed by atoms with E-state index in [0.717, 1.165) is 16.9 Å². The Kier molecular flexibility index (Phi) is 6.18. The number of ether oxygens (including phenoxy) is 3. The van der Waals surface area contributed by atoms with Crippen molar-refractivity contribution < 1.29 is 19.0 Å². The molecule has 0 spiro atoms. The number of fused-ring (bicyclic) bond motifs is 1. The number of aromatic nitrogens is 1. The smallest absolute Gasteiger partial charge is 0.200 e. The highest BCUT2D eigenvalue weighted by Gasteiger charge is 2.19. The molecule has 0 saturated heterocycles. The molecule has 4 rings (SSSR count). The van der Waals surface area contributed by atoms with Crippen molar-refractivity contribution in [2.75, 3.05) is 21.3 Å². The van der Waals surface area contributed by atoms with Crippen LogP contribution in [-0.4, -0.2) is 31.7 Å². The van der Waals surface area contributed by atoms with Gasteiger partial charge in [0.1, 0.15) is 5.75 Å². The number of carbonyl (C=O) groups is 1. The summed E-state index contributed by atoms with van der Waals surface area (Å²) in [5.74, 6) is 1.33. The monoisotopic (exact) mass is 443 g/mol. The van der Waals surface area contributed by atoms with Gasteiger partial charge in [-0.25, -0.2) is 0 Å². The molecule has 4 aromatic rings. The van der Waals surface area contributed by atoms with E-state index in [2.05, 4.69) is 0 Å². The van der Waals surface area contributed by atoms with Crippen LogP contribution >= 0.6 is 0 Å². The number of hydrogen-bond donors (Lipinski definition) is 0. The third-order valence-corrected chi connectivity index (χ3v) is 5.63. The zero-order valence-corrected chi connectivity index (χ0v) is 19.0. The fraction of sp³-hybridized carbons (Fsp3) is 0.185. The average molecular weight is 443 g/mol. The molecule has 0 aliphatic rings. The quantitative estimate of drug-likeness (QED) is 0.390. The van der Waals surface area contributed by atoms with Gasteiger partial charge in [-0.3, -0.25) is 9.59 Å². The maximum atomic E-state index is 13.4. The molecule has 0 saturated carbocycles. The average Bonchev–Trinajstić information content (AvgIpc) is 2.85. The van der Waals surface area contributed by atoms with Gasteiger partial charge in [-0.15, -0.1) is 0 Å². The number of pyridine rings is 1. The maximum absolute atomic E-state index is 13.4. The highest BCUT2D eigenvalue weighted by atomic mass is 16.5. The Bertz CT molecular complexity index is 1390. The van der Waals surface area contributed by atoms with Crippen molar-refractivity contribution in [1.82, 2.24) is 4.57 Å². The van der Waals surface area contributed by atoms with Gasteiger partial charge in [0.05, 0.1) is 37.8 Å². The fourth-order valence-electron chi connectivity index (χ4n) is 3.84. The van der Waals surface area contributed by atoms with Crippen LogP contribution in [0.15, 0.2) is 71.7 Å². The molecule has 0 aliphatic heterocycles. The summed E-state index contributed by atoms with van der Waals surface area (Å²) in [4.78, 5) is 26.7. The van der Waals surface area contributed by atoms with E-state index in [9.17, 15) is 9.59 Å². The van der Waals surface area contributed by atoms with Crippen LogP contribution in [0.1, 0.15) is 27.0 Å². The van der Waals surface area contributed by atoms with Crippen molar-refractivity contribution in [2.45, 2.75) is 13.5 Å². The molecular weight excluding hydrogens is 418 g/mol. The number of ketones is 1. The molecule has 0 amide bonds. The molecule has 0 aliphatic carbocycles. The van der Waals surface area contributed by atoms with E-state index >= 15 is 0 Å². The zero-order chi connectivity index (χ0) is 23.5. The van der Waals surface area contributed by atoms with Gasteiger partial charge in [-0.2, -0.15) is 0 Å². The first kappa shape index (κ1) is 22.1. The van der Waals surface area contributed by atoms with E-state index in [0.29, 0.717) is 34.5 Å². The first-order chi connectivity index (χ1) is 15.9. The van der Waals surface area contributed by atoms with Crippen molar-refractivity contribution in [3.05, 3.63) is 99.3 Å². The van der Waals surface area contributed by atoms with Gasteiger partial charge in [0.15, 0.2) is 17.3 Å². The third kappa shape index (κ3) is 4.32. The third-order valence-electron chi connectivity index (χ3n) is 5.63. The summed E-state index contributed by atoms with van der Waals surface area (Å²) in [6.45, 7) is 2.38. The first-order valence-corrected chi connectivity index (χ1v) is 10.5. The number of benzene rings is 3. The molecule has 168 valence electrons. The summed E-state index contributed by atoms with van der Waals surface area (Å²) < 4.78 is 18.1. The minimum atomic E-state index is -0.349. The summed E-state index contributed by atoms with van der Waals surface area (Å²) in [5, 5.41) is 0.383. The normalized spacial score (nSPS) is 10.8. The van der Waals surface area contributed by atoms with Gasteiger partial charge >= 0.3 is 0 Å². The summed E-state index contributed by atoms with van der Waals surface area (Å²) in [6.07, 6.45) is 1.62. The van der Waals surface area contributed by atoms with Crippen LogP contribution < -0.4 is 19.6 Å². The lowest BCUT2D eigenvalue weighted by Gasteiger charge is -2.16. The second kappa shape index (κ2) is 9.20. The molecular formula is C27H25NO5. The predicted molar refractivity (Wildman–Crippen MR) is 128 cm³/mol. The van der Waals surface area contributed by atoms with E-state index < -0.39 is 0 Å². The van der Waals surface area contributed by atoms with E-state index in [-0.39, 0.29) is 16.8 Å². The Morgan fingerprint density at radius 2 is 1.58 bits per heavy atom. The molecule has 6 nitrogen and oxygen atoms in total. The Balaban J connectivity index is 1.94. The van der Waals surface area contributed by atoms with Crippen LogP contribution in [-0.2, 0) is 6.54 Å². The van der Waals surface area contributed by atoms with Gasteiger partial charge in [0.25, 0.3) is 0 Å². The van der Waals surface area contributed by atoms with E-state index in [4.69, 9.17) is 14.2 Å². The van der Waals surface area contributed by atoms with Crippen molar-refractivity contribution in [3.8, 4) is 17.2 Å². The number of aryl methyl sites for hydroxylation is 1. The topological polar surface area (TPSA) is 66.8 Å². The van der Waals surface area contributed by atoms with E-state index in [1.807, 2.05) is 47.9 Å². The molecule has 6 heteroatoms. The number of methoxy groups -OCH3 is 3. The number of rotatable bonds is 7. The molecule has 0 atom stereocenters. The van der Waals surface area contributed by atoms with Crippen LogP contribution in [0.4, 0.5) is 0 Å². The highest BCUT2D eigenvalue weighted by molar-refractivity contribution is 6.10. The minimum Gasteiger partial charge on any atom is -0.497 e. The van der Waals surface area contributed by atoms with E-state index in [1.165, 1.54) is 7.11 Å². The molecule has 0 bridgehead atoms. The standard InChI is InChI=1S/C27H25NO5/c1-17-8-10-19(11-9-17)26(29)22-16-28(15-18-6-5-7-20(12-18)31-2)23-14-25(33-4)24(32-3)13-21(23)27(22)30/h5-14,16H,15H2,1-4H3. The van der Waals surface area contributed by atoms with Crippen molar-refractivity contribution >= 4 is 16.7 Å². The zero-order valence-electron chi connectivity index (χ0n) is 19.0. The van der Waals surface area contributed by atoms with Crippen molar-refractivity contribution in [1.29, 1.82) is 0 Å². The lowest BCUT2D eigenvalue weighted by atomic mass is 10.0. The Labute approximate surface area is 192 Å². The minimum absolute atomic E-state index is 0.0986. The number of hydrogen-bond acceptors (Lipinski definition) is 5. The van der Waals surface area contributed by atoms with Gasteiger partial charge in [0.2, 0.25) is 5.43 Å². The Morgan fingerprint density at radius 3 is 2.24 bits per heavy atom. The van der Waals surface area contributed by atoms with Crippen LogP contribution in [0.5, 0.6) is 17.2 Å². The van der Waals surface area contributed by atoms with Crippen LogP contribution in [0.2, 0.25) is 0 Å². The lowest BCUT2D eigenvalue weighted by molar-refractivity contribution is 0.103. The summed E-state index contributed by atoms with van der Waals surface area (Å²) in [5.41, 5.74) is 2.85. The second-order valence-electron chi connectivity index (χ2n) is 7.77. The molecule has 1 heterocycles. The number of carbonyl (C=O) groups excluding carboxylic acids is 1. The molecule has 3 aromatic carbocycles. The largest absolute Gasteiger partial charge is 0.497 e. The van der Waals surface area contributed by atoms with Gasteiger partial charge in [-0.05, 0) is 30.7 Å².